The van der Waals surface area contributed by atoms with Gasteiger partial charge >= 0.3 is 0 Å². The lowest BCUT2D eigenvalue weighted by Gasteiger charge is -2.09. The van der Waals surface area contributed by atoms with Crippen LogP contribution in [-0.2, 0) is 6.42 Å². The fourth-order valence-corrected chi connectivity index (χ4v) is 3.40. The number of hydrogen-bond acceptors (Lipinski definition) is 1. The van der Waals surface area contributed by atoms with Crippen molar-refractivity contribution in [2.75, 3.05) is 0 Å². The molecule has 174 valence electrons. The second-order valence-electron chi connectivity index (χ2n) is 7.80. The van der Waals surface area contributed by atoms with Gasteiger partial charge in [0.2, 0.25) is 0 Å². The van der Waals surface area contributed by atoms with E-state index in [0.29, 0.717) is 0 Å². The average molecular weight is 456 g/mol. The summed E-state index contributed by atoms with van der Waals surface area (Å²) in [6.07, 6.45) is 11.9. The molecule has 1 heteroatoms. The van der Waals surface area contributed by atoms with E-state index in [4.69, 9.17) is 6.42 Å². The van der Waals surface area contributed by atoms with Gasteiger partial charge in [-0.3, -0.25) is 4.98 Å². The molecule has 4 rings (SSSR count). The highest BCUT2D eigenvalue weighted by Gasteiger charge is 2.03. The lowest BCUT2D eigenvalue weighted by atomic mass is 9.96. The highest BCUT2D eigenvalue weighted by atomic mass is 14.6. The third kappa shape index (κ3) is 8.51. The van der Waals surface area contributed by atoms with Gasteiger partial charge in [0.05, 0.1) is 0 Å². The first-order chi connectivity index (χ1) is 17.1. The van der Waals surface area contributed by atoms with Crippen molar-refractivity contribution in [1.29, 1.82) is 0 Å². The molecule has 1 aromatic heterocycles. The van der Waals surface area contributed by atoms with Gasteiger partial charge in [-0.25, -0.2) is 0 Å². The quantitative estimate of drug-likeness (QED) is 0.281. The molecule has 0 aliphatic heterocycles. The number of aryl methyl sites for hydroxylation is 2. The van der Waals surface area contributed by atoms with Crippen molar-refractivity contribution in [1.82, 2.24) is 4.98 Å². The highest BCUT2D eigenvalue weighted by molar-refractivity contribution is 5.68. The second-order valence-corrected chi connectivity index (χ2v) is 7.80. The van der Waals surface area contributed by atoms with Gasteiger partial charge in [0.25, 0.3) is 0 Å². The molecule has 0 unspecified atom stereocenters. The number of rotatable bonds is 4. The molecule has 0 atom stereocenters. The Hall–Kier alpha value is -4.33. The van der Waals surface area contributed by atoms with Crippen LogP contribution in [0.25, 0.3) is 28.3 Å². The lowest BCUT2D eigenvalue weighted by molar-refractivity contribution is 1.13. The summed E-state index contributed by atoms with van der Waals surface area (Å²) < 4.78 is 0. The van der Waals surface area contributed by atoms with Gasteiger partial charge in [-0.15, -0.1) is 18.3 Å². The summed E-state index contributed by atoms with van der Waals surface area (Å²) in [5.41, 5.74) is 9.71. The Morgan fingerprint density at radius 2 is 1.37 bits per heavy atom. The smallest absolute Gasteiger partial charge is 0.0273 e. The molecule has 0 bridgehead atoms. The van der Waals surface area contributed by atoms with Gasteiger partial charge in [-0.05, 0) is 84.8 Å². The molecule has 3 aromatic carbocycles. The van der Waals surface area contributed by atoms with Crippen molar-refractivity contribution in [2.45, 2.75) is 34.1 Å². The van der Waals surface area contributed by atoms with Crippen LogP contribution in [0.3, 0.4) is 0 Å². The molecule has 0 radical (unpaired) electrons. The molecule has 0 N–H and O–H groups in total. The SMILES string of the molecule is C#Cc1ccc(-c2ccc(C)cc2CC)cc1.C=Cc1ccc(-c2ccncc2)cc1.CC#CC. The van der Waals surface area contributed by atoms with Crippen molar-refractivity contribution in [3.05, 3.63) is 120 Å². The molecule has 0 aliphatic rings. The minimum Gasteiger partial charge on any atom is -0.265 e. The van der Waals surface area contributed by atoms with Crippen LogP contribution in [0.2, 0.25) is 0 Å². The number of aromatic nitrogens is 1. The predicted molar refractivity (Wildman–Crippen MR) is 153 cm³/mol. The summed E-state index contributed by atoms with van der Waals surface area (Å²) in [7, 11) is 0. The summed E-state index contributed by atoms with van der Waals surface area (Å²) in [4.78, 5) is 3.99. The lowest BCUT2D eigenvalue weighted by Crippen LogP contribution is -1.89. The Balaban J connectivity index is 0.000000217. The Morgan fingerprint density at radius 3 is 1.89 bits per heavy atom. The topological polar surface area (TPSA) is 12.9 Å². The van der Waals surface area contributed by atoms with Gasteiger partial charge in [-0.2, -0.15) is 0 Å². The van der Waals surface area contributed by atoms with Crippen LogP contribution >= 0.6 is 0 Å². The first-order valence-corrected chi connectivity index (χ1v) is 11.7. The van der Waals surface area contributed by atoms with Gasteiger partial charge in [0.15, 0.2) is 0 Å². The summed E-state index contributed by atoms with van der Waals surface area (Å²) in [5, 5.41) is 0. The fourth-order valence-electron chi connectivity index (χ4n) is 3.40. The standard InChI is InChI=1S/C17H16.C13H11N.C4H6/c1-4-14-7-9-16(10-8-14)17-11-6-13(3)12-15(17)5-2;1-2-11-3-5-12(6-4-11)13-7-9-14-10-8-13;1-3-4-2/h1,6-12H,5H2,2-3H3;2-10H,1H2;1-2H3. The van der Waals surface area contributed by atoms with E-state index in [-0.39, 0.29) is 0 Å². The minimum atomic E-state index is 0.930. The Bertz CT molecular complexity index is 1290. The molecule has 0 saturated carbocycles. The largest absolute Gasteiger partial charge is 0.265 e. The summed E-state index contributed by atoms with van der Waals surface area (Å²) in [6, 6.07) is 27.1. The van der Waals surface area contributed by atoms with Crippen molar-refractivity contribution in [3.63, 3.8) is 0 Å². The molecule has 35 heavy (non-hydrogen) atoms. The van der Waals surface area contributed by atoms with E-state index in [0.717, 1.165) is 17.5 Å². The molecule has 4 aromatic rings. The fraction of sp³-hybridized carbons (Fsp3) is 0.147. The van der Waals surface area contributed by atoms with E-state index in [1.54, 1.807) is 12.4 Å². The molecular weight excluding hydrogens is 422 g/mol. The number of benzene rings is 3. The number of hydrogen-bond donors (Lipinski definition) is 0. The summed E-state index contributed by atoms with van der Waals surface area (Å²) in [6.45, 7) is 11.7. The molecule has 0 fully saturated rings. The van der Waals surface area contributed by atoms with Crippen molar-refractivity contribution in [2.24, 2.45) is 0 Å². The maximum absolute atomic E-state index is 5.36. The van der Waals surface area contributed by atoms with Gasteiger partial charge in [0, 0.05) is 18.0 Å². The van der Waals surface area contributed by atoms with Crippen molar-refractivity contribution in [3.8, 4) is 46.4 Å². The van der Waals surface area contributed by atoms with Crippen LogP contribution in [0.5, 0.6) is 0 Å². The van der Waals surface area contributed by atoms with Crippen molar-refractivity contribution < 1.29 is 0 Å². The van der Waals surface area contributed by atoms with Crippen molar-refractivity contribution >= 4 is 6.08 Å². The molecule has 0 saturated heterocycles. The Morgan fingerprint density at radius 1 is 0.800 bits per heavy atom. The molecule has 0 aliphatic carbocycles. The monoisotopic (exact) mass is 455 g/mol. The van der Waals surface area contributed by atoms with E-state index in [2.05, 4.69) is 97.8 Å². The number of nitrogens with zero attached hydrogens (tertiary/aromatic N) is 1. The first-order valence-electron chi connectivity index (χ1n) is 11.7. The average Bonchev–Trinajstić information content (AvgIpc) is 2.94. The van der Waals surface area contributed by atoms with Crippen LogP contribution < -0.4 is 0 Å². The van der Waals surface area contributed by atoms with Crippen LogP contribution in [0.1, 0.15) is 43.0 Å². The molecular formula is C34H33N. The first kappa shape index (κ1) is 26.9. The second kappa shape index (κ2) is 14.7. The predicted octanol–water partition coefficient (Wildman–Crippen LogP) is 8.63. The van der Waals surface area contributed by atoms with Gasteiger partial charge < -0.3 is 0 Å². The maximum Gasteiger partial charge on any atom is 0.0273 e. The molecule has 0 spiro atoms. The number of terminal acetylenes is 1. The normalized spacial score (nSPS) is 9.11. The third-order valence-electron chi connectivity index (χ3n) is 5.41. The zero-order chi connectivity index (χ0) is 25.5. The Kier molecular flexibility index (Phi) is 11.3. The highest BCUT2D eigenvalue weighted by Crippen LogP contribution is 2.25. The third-order valence-corrected chi connectivity index (χ3v) is 5.41. The molecule has 1 heterocycles. The molecule has 0 amide bonds. The summed E-state index contributed by atoms with van der Waals surface area (Å²) in [5.74, 6) is 8.00. The van der Waals surface area contributed by atoms with Crippen LogP contribution in [0.4, 0.5) is 0 Å². The van der Waals surface area contributed by atoms with Crippen LogP contribution in [-0.4, -0.2) is 4.98 Å². The zero-order valence-electron chi connectivity index (χ0n) is 21.2. The minimum absolute atomic E-state index is 0.930. The van der Waals surface area contributed by atoms with E-state index in [1.807, 2.05) is 44.2 Å². The number of pyridine rings is 1. The van der Waals surface area contributed by atoms with Crippen LogP contribution in [0, 0.1) is 31.1 Å². The van der Waals surface area contributed by atoms with E-state index in [1.165, 1.54) is 33.4 Å². The van der Waals surface area contributed by atoms with Crippen LogP contribution in [0.15, 0.2) is 97.8 Å². The van der Waals surface area contributed by atoms with E-state index >= 15 is 0 Å². The van der Waals surface area contributed by atoms with E-state index < -0.39 is 0 Å². The van der Waals surface area contributed by atoms with E-state index in [9.17, 15) is 0 Å². The molecule has 1 nitrogen and oxygen atoms in total. The maximum atomic E-state index is 5.36. The Labute approximate surface area is 211 Å². The van der Waals surface area contributed by atoms with Gasteiger partial charge in [0.1, 0.15) is 0 Å². The summed E-state index contributed by atoms with van der Waals surface area (Å²) >= 11 is 0. The van der Waals surface area contributed by atoms with Gasteiger partial charge in [-0.1, -0.05) is 85.7 Å². The zero-order valence-corrected chi connectivity index (χ0v) is 21.2.